The van der Waals surface area contributed by atoms with Gasteiger partial charge in [0.1, 0.15) is 5.60 Å². The molecular formula is C17H32N2O2. The number of alkyl carbamates (subject to hydrolysis) is 1. The zero-order chi connectivity index (χ0) is 15.9. The van der Waals surface area contributed by atoms with Crippen molar-refractivity contribution in [2.75, 3.05) is 0 Å². The fourth-order valence-corrected chi connectivity index (χ4v) is 3.62. The SMILES string of the molecule is CC(C)(C)OC(=O)NC1CCC(C(C)(C)C2(N)CC2)CC1. The van der Waals surface area contributed by atoms with Crippen LogP contribution in [0.3, 0.4) is 0 Å². The second kappa shape index (κ2) is 5.45. The van der Waals surface area contributed by atoms with Crippen LogP contribution in [0.2, 0.25) is 0 Å². The Morgan fingerprint density at radius 2 is 1.62 bits per heavy atom. The Balaban J connectivity index is 1.80. The van der Waals surface area contributed by atoms with Gasteiger partial charge >= 0.3 is 6.09 Å². The number of rotatable bonds is 3. The molecule has 2 rings (SSSR count). The lowest BCUT2D eigenvalue weighted by molar-refractivity contribution is 0.0457. The summed E-state index contributed by atoms with van der Waals surface area (Å²) in [5.41, 5.74) is 6.29. The fourth-order valence-electron chi connectivity index (χ4n) is 3.62. The summed E-state index contributed by atoms with van der Waals surface area (Å²) in [5, 5.41) is 3.01. The van der Waals surface area contributed by atoms with Crippen LogP contribution in [0.4, 0.5) is 4.79 Å². The zero-order valence-corrected chi connectivity index (χ0v) is 14.3. The minimum absolute atomic E-state index is 0.0586. The first kappa shape index (κ1) is 16.6. The lowest BCUT2D eigenvalue weighted by Crippen LogP contribution is -2.48. The molecular weight excluding hydrogens is 264 g/mol. The molecule has 0 aromatic heterocycles. The van der Waals surface area contributed by atoms with E-state index in [9.17, 15) is 4.79 Å². The zero-order valence-electron chi connectivity index (χ0n) is 14.3. The third-order valence-corrected chi connectivity index (χ3v) is 5.54. The van der Waals surface area contributed by atoms with Crippen LogP contribution in [0.15, 0.2) is 0 Å². The Labute approximate surface area is 129 Å². The third-order valence-electron chi connectivity index (χ3n) is 5.54. The van der Waals surface area contributed by atoms with Crippen molar-refractivity contribution in [2.24, 2.45) is 17.1 Å². The van der Waals surface area contributed by atoms with Gasteiger partial charge in [0, 0.05) is 11.6 Å². The molecule has 1 amide bonds. The standard InChI is InChI=1S/C17H32N2O2/c1-15(2,3)21-14(20)19-13-8-6-12(7-9-13)16(4,5)17(18)10-11-17/h12-13H,6-11,18H2,1-5H3,(H,19,20). The van der Waals surface area contributed by atoms with E-state index in [0.717, 1.165) is 38.5 Å². The normalized spacial score (nSPS) is 28.9. The van der Waals surface area contributed by atoms with Gasteiger partial charge in [-0.3, -0.25) is 0 Å². The topological polar surface area (TPSA) is 64.3 Å². The van der Waals surface area contributed by atoms with E-state index in [4.69, 9.17) is 10.5 Å². The second-order valence-electron chi connectivity index (χ2n) is 8.57. The first-order valence-corrected chi connectivity index (χ1v) is 8.32. The maximum Gasteiger partial charge on any atom is 0.407 e. The summed E-state index contributed by atoms with van der Waals surface area (Å²) in [4.78, 5) is 11.8. The molecule has 0 aliphatic heterocycles. The van der Waals surface area contributed by atoms with Gasteiger partial charge < -0.3 is 15.8 Å². The van der Waals surface area contributed by atoms with Crippen LogP contribution >= 0.6 is 0 Å². The van der Waals surface area contributed by atoms with E-state index in [1.165, 1.54) is 0 Å². The van der Waals surface area contributed by atoms with Crippen molar-refractivity contribution in [1.82, 2.24) is 5.32 Å². The molecule has 2 fully saturated rings. The molecule has 21 heavy (non-hydrogen) atoms. The molecule has 4 nitrogen and oxygen atoms in total. The maximum atomic E-state index is 11.8. The van der Waals surface area contributed by atoms with E-state index in [1.807, 2.05) is 20.8 Å². The van der Waals surface area contributed by atoms with Gasteiger partial charge in [-0.25, -0.2) is 4.79 Å². The lowest BCUT2D eigenvalue weighted by atomic mass is 9.65. The molecule has 2 aliphatic carbocycles. The number of carbonyl (C=O) groups excluding carboxylic acids is 1. The van der Waals surface area contributed by atoms with Gasteiger partial charge in [0.25, 0.3) is 0 Å². The number of nitrogens with two attached hydrogens (primary N) is 1. The average Bonchev–Trinajstić information content (AvgIpc) is 3.07. The largest absolute Gasteiger partial charge is 0.444 e. The number of amides is 1. The summed E-state index contributed by atoms with van der Waals surface area (Å²) >= 11 is 0. The Bertz CT molecular complexity index is 386. The van der Waals surface area contributed by atoms with Crippen molar-refractivity contribution in [1.29, 1.82) is 0 Å². The Kier molecular flexibility index (Phi) is 4.31. The smallest absolute Gasteiger partial charge is 0.407 e. The lowest BCUT2D eigenvalue weighted by Gasteiger charge is -2.43. The van der Waals surface area contributed by atoms with Gasteiger partial charge in [-0.2, -0.15) is 0 Å². The molecule has 0 bridgehead atoms. The van der Waals surface area contributed by atoms with Gasteiger partial charge in [0.05, 0.1) is 0 Å². The fraction of sp³-hybridized carbons (Fsp3) is 0.941. The maximum absolute atomic E-state index is 11.8. The van der Waals surface area contributed by atoms with Gasteiger partial charge in [0.2, 0.25) is 0 Å². The minimum Gasteiger partial charge on any atom is -0.444 e. The third kappa shape index (κ3) is 3.91. The van der Waals surface area contributed by atoms with E-state index in [1.54, 1.807) is 0 Å². The molecule has 2 saturated carbocycles. The van der Waals surface area contributed by atoms with E-state index in [0.29, 0.717) is 5.92 Å². The minimum atomic E-state index is -0.429. The molecule has 0 heterocycles. The predicted octanol–water partition coefficient (Wildman–Crippen LogP) is 3.59. The van der Waals surface area contributed by atoms with Crippen molar-refractivity contribution in [3.8, 4) is 0 Å². The number of nitrogens with one attached hydrogen (secondary N) is 1. The highest BCUT2D eigenvalue weighted by Crippen LogP contribution is 2.54. The molecule has 0 spiro atoms. The summed E-state index contributed by atoms with van der Waals surface area (Å²) in [6, 6.07) is 0.250. The molecule has 0 aromatic rings. The van der Waals surface area contributed by atoms with Gasteiger partial charge in [-0.05, 0) is 70.6 Å². The molecule has 2 aliphatic rings. The highest BCUT2D eigenvalue weighted by atomic mass is 16.6. The predicted molar refractivity (Wildman–Crippen MR) is 85.0 cm³/mol. The first-order valence-electron chi connectivity index (χ1n) is 8.32. The van der Waals surface area contributed by atoms with E-state index in [2.05, 4.69) is 19.2 Å². The molecule has 0 atom stereocenters. The van der Waals surface area contributed by atoms with Crippen LogP contribution in [-0.4, -0.2) is 23.3 Å². The summed E-state index contributed by atoms with van der Waals surface area (Å²) in [5.74, 6) is 0.668. The summed E-state index contributed by atoms with van der Waals surface area (Å²) in [6.45, 7) is 10.3. The highest BCUT2D eigenvalue weighted by molar-refractivity contribution is 5.68. The van der Waals surface area contributed by atoms with Crippen LogP contribution < -0.4 is 11.1 Å². The van der Waals surface area contributed by atoms with Crippen LogP contribution in [-0.2, 0) is 4.74 Å². The van der Waals surface area contributed by atoms with E-state index >= 15 is 0 Å². The highest BCUT2D eigenvalue weighted by Gasteiger charge is 2.54. The van der Waals surface area contributed by atoms with Crippen molar-refractivity contribution in [3.63, 3.8) is 0 Å². The molecule has 122 valence electrons. The Morgan fingerprint density at radius 1 is 1.10 bits per heavy atom. The van der Waals surface area contributed by atoms with Crippen LogP contribution in [0.5, 0.6) is 0 Å². The number of hydrogen-bond acceptors (Lipinski definition) is 3. The molecule has 0 unspecified atom stereocenters. The van der Waals surface area contributed by atoms with Gasteiger partial charge in [0.15, 0.2) is 0 Å². The van der Waals surface area contributed by atoms with Crippen molar-refractivity contribution >= 4 is 6.09 Å². The Hall–Kier alpha value is -0.770. The quantitative estimate of drug-likeness (QED) is 0.836. The molecule has 0 saturated heterocycles. The van der Waals surface area contributed by atoms with Gasteiger partial charge in [-0.1, -0.05) is 13.8 Å². The average molecular weight is 296 g/mol. The monoisotopic (exact) mass is 296 g/mol. The summed E-state index contributed by atoms with van der Waals surface area (Å²) < 4.78 is 5.33. The molecule has 4 heteroatoms. The van der Waals surface area contributed by atoms with Crippen molar-refractivity contribution in [3.05, 3.63) is 0 Å². The molecule has 0 aromatic carbocycles. The van der Waals surface area contributed by atoms with Crippen LogP contribution in [0.1, 0.15) is 73.1 Å². The van der Waals surface area contributed by atoms with E-state index < -0.39 is 5.60 Å². The number of hydrogen-bond donors (Lipinski definition) is 2. The molecule has 3 N–H and O–H groups in total. The van der Waals surface area contributed by atoms with Gasteiger partial charge in [-0.15, -0.1) is 0 Å². The molecule has 0 radical (unpaired) electrons. The second-order valence-corrected chi connectivity index (χ2v) is 8.57. The Morgan fingerprint density at radius 3 is 2.05 bits per heavy atom. The van der Waals surface area contributed by atoms with Crippen molar-refractivity contribution in [2.45, 2.75) is 90.3 Å². The summed E-state index contributed by atoms with van der Waals surface area (Å²) in [6.07, 6.45) is 6.39. The van der Waals surface area contributed by atoms with Crippen molar-refractivity contribution < 1.29 is 9.53 Å². The number of carbonyl (C=O) groups is 1. The number of ether oxygens (including phenoxy) is 1. The first-order chi connectivity index (χ1) is 9.53. The van der Waals surface area contributed by atoms with Crippen LogP contribution in [0, 0.1) is 11.3 Å². The van der Waals surface area contributed by atoms with Crippen LogP contribution in [0.25, 0.3) is 0 Å². The van der Waals surface area contributed by atoms with E-state index in [-0.39, 0.29) is 23.1 Å². The summed E-state index contributed by atoms with van der Waals surface area (Å²) in [7, 11) is 0.